The topological polar surface area (TPSA) is 0 Å². The van der Waals surface area contributed by atoms with E-state index in [0.29, 0.717) is 0 Å². The molecule has 0 heterocycles. The van der Waals surface area contributed by atoms with Crippen LogP contribution >= 0.6 is 24.8 Å². The Morgan fingerprint density at radius 3 is 1.41 bits per heavy atom. The standard InChI is InChI=1S/2C14H11.C2H7Si.2ClH.Zr/c2*1-10-8-12-7-6-11-4-2-3-5-13(11)14(12)9-10;1-3-2;;;/h2*2-9H,1H3;3H,1-2H3;2*1H;. The van der Waals surface area contributed by atoms with Crippen LogP contribution in [-0.2, 0) is 20.9 Å². The Hall–Kier alpha value is -1.44. The van der Waals surface area contributed by atoms with Crippen molar-refractivity contribution in [2.75, 3.05) is 0 Å². The van der Waals surface area contributed by atoms with E-state index in [1.807, 2.05) is 0 Å². The van der Waals surface area contributed by atoms with E-state index >= 15 is 0 Å². The molecule has 34 heavy (non-hydrogen) atoms. The van der Waals surface area contributed by atoms with E-state index < -0.39 is 26.8 Å². The molecule has 0 aliphatic heterocycles. The molecule has 0 nitrogen and oxygen atoms in total. The van der Waals surface area contributed by atoms with E-state index in [1.54, 1.807) is 22.3 Å². The number of benzene rings is 4. The molecule has 0 radical (unpaired) electrons. The van der Waals surface area contributed by atoms with Crippen LogP contribution in [0.2, 0.25) is 13.1 Å². The summed E-state index contributed by atoms with van der Waals surface area (Å²) in [6.07, 6.45) is 5.07. The van der Waals surface area contributed by atoms with Gasteiger partial charge in [0.05, 0.1) is 0 Å². The molecule has 0 saturated heterocycles. The van der Waals surface area contributed by atoms with Crippen LogP contribution in [0.1, 0.15) is 43.4 Å². The number of hydrogen-bond acceptors (Lipinski definition) is 0. The van der Waals surface area contributed by atoms with Gasteiger partial charge in [-0.1, -0.05) is 0 Å². The first kappa shape index (κ1) is 25.6. The molecule has 0 bridgehead atoms. The minimum atomic E-state index is -1.92. The van der Waals surface area contributed by atoms with Gasteiger partial charge in [-0.3, -0.25) is 0 Å². The largest absolute Gasteiger partial charge is 0.147 e. The third-order valence-corrected chi connectivity index (χ3v) is 29.8. The quantitative estimate of drug-likeness (QED) is 0.212. The fourth-order valence-corrected chi connectivity index (χ4v) is 29.5. The maximum Gasteiger partial charge on any atom is -0.147 e. The van der Waals surface area contributed by atoms with Gasteiger partial charge in [-0.05, 0) is 0 Å². The van der Waals surface area contributed by atoms with Crippen molar-refractivity contribution < 1.29 is 20.9 Å². The molecule has 6 rings (SSSR count). The summed E-state index contributed by atoms with van der Waals surface area (Å²) in [7, 11) is 0. The van der Waals surface area contributed by atoms with Crippen LogP contribution < -0.4 is 0 Å². The molecule has 173 valence electrons. The van der Waals surface area contributed by atoms with Crippen molar-refractivity contribution in [2.24, 2.45) is 0 Å². The first-order valence-corrected chi connectivity index (χ1v) is 21.8. The summed E-state index contributed by atoms with van der Waals surface area (Å²) in [6.45, 7) is 10.1. The number of halogens is 2. The van der Waals surface area contributed by atoms with Crippen LogP contribution in [0.5, 0.6) is 0 Å². The molecule has 4 heteroatoms. The zero-order chi connectivity index (χ0) is 22.0. The van der Waals surface area contributed by atoms with Gasteiger partial charge in [-0.15, -0.1) is 24.8 Å². The Balaban J connectivity index is 0.00000137. The zero-order valence-electron chi connectivity index (χ0n) is 20.1. The predicted molar refractivity (Wildman–Crippen MR) is 154 cm³/mol. The Kier molecular flexibility index (Phi) is 7.47. The van der Waals surface area contributed by atoms with Gasteiger partial charge in [0.1, 0.15) is 0 Å². The molecule has 4 aromatic carbocycles. The Morgan fingerprint density at radius 2 is 1.00 bits per heavy atom. The zero-order valence-corrected chi connectivity index (χ0v) is 25.4. The maximum absolute atomic E-state index is 2.65. The van der Waals surface area contributed by atoms with Gasteiger partial charge in [0.15, 0.2) is 0 Å². The van der Waals surface area contributed by atoms with Crippen molar-refractivity contribution in [2.45, 2.75) is 34.2 Å². The number of allylic oxidation sites excluding steroid dienone is 2. The molecule has 2 aliphatic rings. The summed E-state index contributed by atoms with van der Waals surface area (Å²) in [5.74, 6) is -0.796. The van der Waals surface area contributed by atoms with E-state index in [4.69, 9.17) is 0 Å². The summed E-state index contributed by atoms with van der Waals surface area (Å²) in [5, 5.41) is 5.61. The monoisotopic (exact) mass is 579 g/mol. The van der Waals surface area contributed by atoms with E-state index in [1.165, 1.54) is 32.7 Å². The van der Waals surface area contributed by atoms with Gasteiger partial charge in [0.2, 0.25) is 0 Å². The second-order valence-corrected chi connectivity index (χ2v) is 29.9. The molecule has 0 N–H and O–H groups in total. The number of rotatable bonds is 3. The number of hydrogen-bond donors (Lipinski definition) is 0. The molecule has 0 spiro atoms. The van der Waals surface area contributed by atoms with Gasteiger partial charge in [-0.2, -0.15) is 0 Å². The van der Waals surface area contributed by atoms with Crippen molar-refractivity contribution in [3.63, 3.8) is 0 Å². The summed E-state index contributed by atoms with van der Waals surface area (Å²) in [5.41, 5.74) is 9.56. The summed E-state index contributed by atoms with van der Waals surface area (Å²) < 4.78 is 1.43. The molecule has 2 atom stereocenters. The molecular formula is C30H31Cl2SiZr. The predicted octanol–water partition coefficient (Wildman–Crippen LogP) is 9.05. The summed E-state index contributed by atoms with van der Waals surface area (Å²) >= 11 is -1.92. The third-order valence-electron chi connectivity index (χ3n) is 7.62. The molecule has 0 amide bonds. The van der Waals surface area contributed by atoms with Crippen LogP contribution in [0.25, 0.3) is 33.7 Å². The van der Waals surface area contributed by atoms with Gasteiger partial charge in [0.25, 0.3) is 0 Å². The minimum Gasteiger partial charge on any atom is -0.147 e. The average molecular weight is 582 g/mol. The van der Waals surface area contributed by atoms with E-state index in [9.17, 15) is 0 Å². The van der Waals surface area contributed by atoms with Crippen LogP contribution in [0.4, 0.5) is 0 Å². The van der Waals surface area contributed by atoms with Crippen molar-refractivity contribution in [3.05, 3.63) is 106 Å². The fourth-order valence-electron chi connectivity index (χ4n) is 6.28. The maximum atomic E-state index is 2.65. The van der Waals surface area contributed by atoms with Crippen LogP contribution in [0.3, 0.4) is 0 Å². The number of fused-ring (bicyclic) bond motifs is 6. The van der Waals surface area contributed by atoms with Crippen LogP contribution in [-0.4, -0.2) is 5.92 Å². The molecule has 2 unspecified atom stereocenters. The Labute approximate surface area is 224 Å². The normalized spacial score (nSPS) is 18.1. The molecule has 0 fully saturated rings. The van der Waals surface area contributed by atoms with E-state index in [-0.39, 0.29) is 24.8 Å². The van der Waals surface area contributed by atoms with E-state index in [2.05, 4.69) is 112 Å². The molecular weight excluding hydrogens is 551 g/mol. The first-order valence-electron chi connectivity index (χ1n) is 11.8. The van der Waals surface area contributed by atoms with Gasteiger partial charge >= 0.3 is 201 Å². The van der Waals surface area contributed by atoms with Gasteiger partial charge < -0.3 is 0 Å². The van der Waals surface area contributed by atoms with E-state index in [0.717, 1.165) is 7.25 Å². The third kappa shape index (κ3) is 3.92. The van der Waals surface area contributed by atoms with Crippen LogP contribution in [0, 0.1) is 0 Å². The Morgan fingerprint density at radius 1 is 0.588 bits per heavy atom. The second kappa shape index (κ2) is 9.90. The molecule has 0 saturated carbocycles. The second-order valence-electron chi connectivity index (χ2n) is 9.88. The van der Waals surface area contributed by atoms with Crippen molar-refractivity contribution >= 4 is 64.4 Å². The SMILES string of the molecule is CC1=Cc2c(ccc3ccccc23)[CH]1[Zr]([CH]1C(C)=Cc2c1ccc1ccccc21)[SiH](C)C.Cl.Cl. The van der Waals surface area contributed by atoms with Crippen molar-refractivity contribution in [1.29, 1.82) is 0 Å². The van der Waals surface area contributed by atoms with Crippen molar-refractivity contribution in [3.8, 4) is 0 Å². The Bertz CT molecular complexity index is 1350. The van der Waals surface area contributed by atoms with Crippen molar-refractivity contribution in [1.82, 2.24) is 0 Å². The molecule has 4 aromatic rings. The molecule has 0 aromatic heterocycles. The molecule has 2 aliphatic carbocycles. The average Bonchev–Trinajstić information content (AvgIpc) is 3.31. The van der Waals surface area contributed by atoms with Gasteiger partial charge in [0, 0.05) is 0 Å². The minimum absolute atomic E-state index is 0. The first-order chi connectivity index (χ1) is 15.5. The summed E-state index contributed by atoms with van der Waals surface area (Å²) in [6, 6.07) is 27.6. The fraction of sp³-hybridized carbons (Fsp3) is 0.200. The summed E-state index contributed by atoms with van der Waals surface area (Å²) in [4.78, 5) is 0. The van der Waals surface area contributed by atoms with Gasteiger partial charge in [-0.25, -0.2) is 0 Å². The van der Waals surface area contributed by atoms with Crippen LogP contribution in [0.15, 0.2) is 83.9 Å². The smallest absolute Gasteiger partial charge is 0.147 e.